The number of aliphatic hydroxyl groups is 1. The second-order valence-corrected chi connectivity index (χ2v) is 5.69. The Kier molecular flexibility index (Phi) is 5.47. The Morgan fingerprint density at radius 1 is 1.24 bits per heavy atom. The summed E-state index contributed by atoms with van der Waals surface area (Å²) in [5.74, 6) is 1.07. The first-order chi connectivity index (χ1) is 10.0. The van der Waals surface area contributed by atoms with E-state index in [2.05, 4.69) is 28.7 Å². The van der Waals surface area contributed by atoms with Crippen LogP contribution in [0.5, 0.6) is 0 Å². The van der Waals surface area contributed by atoms with Gasteiger partial charge in [-0.15, -0.1) is 0 Å². The minimum absolute atomic E-state index is 0.291. The Morgan fingerprint density at radius 3 is 2.52 bits per heavy atom. The molecule has 2 N–H and O–H groups in total. The molecule has 21 heavy (non-hydrogen) atoms. The monoisotopic (exact) mass is 291 g/mol. The second-order valence-electron chi connectivity index (χ2n) is 5.69. The molecule has 2 rings (SSSR count). The van der Waals surface area contributed by atoms with E-state index in [1.165, 1.54) is 12.1 Å². The molecule has 0 radical (unpaired) electrons. The third-order valence-corrected chi connectivity index (χ3v) is 3.24. The lowest BCUT2D eigenvalue weighted by Gasteiger charge is -2.26. The highest BCUT2D eigenvalue weighted by atomic mass is 19.1. The summed E-state index contributed by atoms with van der Waals surface area (Å²) >= 11 is 0. The van der Waals surface area contributed by atoms with E-state index in [4.69, 9.17) is 0 Å². The lowest BCUT2D eigenvalue weighted by atomic mass is 10.1. The second kappa shape index (κ2) is 7.33. The van der Waals surface area contributed by atoms with E-state index < -0.39 is 6.10 Å². The minimum Gasteiger partial charge on any atom is -0.387 e. The molecule has 0 aliphatic carbocycles. The van der Waals surface area contributed by atoms with Crippen LogP contribution in [0.25, 0.3) is 0 Å². The molecule has 0 amide bonds. The highest BCUT2D eigenvalue weighted by Crippen LogP contribution is 2.16. The van der Waals surface area contributed by atoms with Gasteiger partial charge in [-0.3, -0.25) is 4.90 Å². The summed E-state index contributed by atoms with van der Waals surface area (Å²) in [6.45, 7) is 6.28. The van der Waals surface area contributed by atoms with Crippen molar-refractivity contribution >= 4 is 0 Å². The summed E-state index contributed by atoms with van der Waals surface area (Å²) in [6, 6.07) is 6.00. The largest absolute Gasteiger partial charge is 0.387 e. The fourth-order valence-electron chi connectivity index (χ4n) is 2.35. The number of rotatable bonds is 7. The number of nitrogens with one attached hydrogen (secondary N) is 1. The van der Waals surface area contributed by atoms with Crippen LogP contribution in [0.3, 0.4) is 0 Å². The zero-order chi connectivity index (χ0) is 15.2. The van der Waals surface area contributed by atoms with E-state index in [0.717, 1.165) is 17.9 Å². The van der Waals surface area contributed by atoms with Crippen molar-refractivity contribution in [1.82, 2.24) is 14.9 Å². The molecular formula is C16H22FN3O. The van der Waals surface area contributed by atoms with Gasteiger partial charge in [-0.25, -0.2) is 9.37 Å². The van der Waals surface area contributed by atoms with Crippen LogP contribution in [0, 0.1) is 11.7 Å². The molecule has 0 aliphatic heterocycles. The maximum absolute atomic E-state index is 12.9. The summed E-state index contributed by atoms with van der Waals surface area (Å²) in [5, 5.41) is 10.3. The van der Waals surface area contributed by atoms with Gasteiger partial charge >= 0.3 is 0 Å². The molecule has 0 saturated carbocycles. The molecule has 4 nitrogen and oxygen atoms in total. The average molecular weight is 291 g/mol. The number of hydrogen-bond donors (Lipinski definition) is 2. The van der Waals surface area contributed by atoms with Crippen LogP contribution in [0.2, 0.25) is 0 Å². The number of aliphatic hydroxyl groups excluding tert-OH is 1. The Bertz CT molecular complexity index is 525. The summed E-state index contributed by atoms with van der Waals surface area (Å²) in [5.41, 5.74) is 0.726. The van der Waals surface area contributed by atoms with Gasteiger partial charge in [-0.2, -0.15) is 0 Å². The molecule has 5 heteroatoms. The van der Waals surface area contributed by atoms with Crippen LogP contribution in [0.15, 0.2) is 36.7 Å². The topological polar surface area (TPSA) is 52.2 Å². The number of hydrogen-bond acceptors (Lipinski definition) is 3. The molecule has 1 aromatic heterocycles. The molecule has 2 aromatic rings. The Morgan fingerprint density at radius 2 is 1.95 bits per heavy atom. The maximum atomic E-state index is 12.9. The third-order valence-electron chi connectivity index (χ3n) is 3.24. The van der Waals surface area contributed by atoms with Gasteiger partial charge in [-0.05, 0) is 23.6 Å². The summed E-state index contributed by atoms with van der Waals surface area (Å²) in [6.07, 6.45) is 2.87. The molecule has 0 unspecified atom stereocenters. The van der Waals surface area contributed by atoms with E-state index in [1.807, 2.05) is 0 Å². The van der Waals surface area contributed by atoms with Crippen LogP contribution < -0.4 is 0 Å². The fourth-order valence-corrected chi connectivity index (χ4v) is 2.35. The Labute approximate surface area is 124 Å². The van der Waals surface area contributed by atoms with Crippen LogP contribution in [-0.4, -0.2) is 33.1 Å². The zero-order valence-corrected chi connectivity index (χ0v) is 12.5. The van der Waals surface area contributed by atoms with Gasteiger partial charge in [0, 0.05) is 25.5 Å². The lowest BCUT2D eigenvalue weighted by Crippen LogP contribution is -2.32. The predicted molar refractivity (Wildman–Crippen MR) is 80.1 cm³/mol. The number of benzene rings is 1. The van der Waals surface area contributed by atoms with Crippen molar-refractivity contribution in [3.63, 3.8) is 0 Å². The first-order valence-corrected chi connectivity index (χ1v) is 7.18. The molecule has 0 spiro atoms. The number of aromatic amines is 1. The lowest BCUT2D eigenvalue weighted by molar-refractivity contribution is 0.100. The van der Waals surface area contributed by atoms with Crippen LogP contribution in [-0.2, 0) is 6.54 Å². The summed E-state index contributed by atoms with van der Waals surface area (Å²) < 4.78 is 12.9. The van der Waals surface area contributed by atoms with E-state index in [-0.39, 0.29) is 5.82 Å². The molecule has 0 fully saturated rings. The van der Waals surface area contributed by atoms with Gasteiger partial charge in [-0.1, -0.05) is 26.0 Å². The quantitative estimate of drug-likeness (QED) is 0.824. The molecule has 1 heterocycles. The first kappa shape index (κ1) is 15.7. The molecular weight excluding hydrogens is 269 g/mol. The van der Waals surface area contributed by atoms with E-state index in [9.17, 15) is 9.50 Å². The van der Waals surface area contributed by atoms with Gasteiger partial charge in [0.2, 0.25) is 0 Å². The predicted octanol–water partition coefficient (Wildman–Crippen LogP) is 2.74. The molecule has 0 bridgehead atoms. The molecule has 1 atom stereocenters. The minimum atomic E-state index is -0.640. The standard InChI is InChI=1S/C16H22FN3O/c1-12(2)9-20(11-16-18-7-8-19-16)10-15(21)13-3-5-14(17)6-4-13/h3-8,12,15,21H,9-11H2,1-2H3,(H,18,19)/t15-/m1/s1. The SMILES string of the molecule is CC(C)CN(Cc1ncc[nH]1)C[C@@H](O)c1ccc(F)cc1. The number of halogens is 1. The Hall–Kier alpha value is -1.72. The molecule has 0 saturated heterocycles. The van der Waals surface area contributed by atoms with E-state index in [1.54, 1.807) is 24.5 Å². The van der Waals surface area contributed by atoms with Gasteiger partial charge in [0.05, 0.1) is 12.6 Å². The number of aromatic nitrogens is 2. The van der Waals surface area contributed by atoms with Gasteiger partial charge < -0.3 is 10.1 Å². The molecule has 114 valence electrons. The van der Waals surface area contributed by atoms with E-state index in [0.29, 0.717) is 19.0 Å². The van der Waals surface area contributed by atoms with Gasteiger partial charge in [0.25, 0.3) is 0 Å². The van der Waals surface area contributed by atoms with Crippen molar-refractivity contribution in [2.45, 2.75) is 26.5 Å². The summed E-state index contributed by atoms with van der Waals surface area (Å²) in [7, 11) is 0. The highest BCUT2D eigenvalue weighted by molar-refractivity contribution is 5.18. The third kappa shape index (κ3) is 4.95. The van der Waals surface area contributed by atoms with Crippen LogP contribution in [0.4, 0.5) is 4.39 Å². The highest BCUT2D eigenvalue weighted by Gasteiger charge is 2.16. The van der Waals surface area contributed by atoms with Crippen molar-refractivity contribution < 1.29 is 9.50 Å². The number of imidazole rings is 1. The van der Waals surface area contributed by atoms with Crippen molar-refractivity contribution in [3.8, 4) is 0 Å². The van der Waals surface area contributed by atoms with Crippen molar-refractivity contribution in [1.29, 1.82) is 0 Å². The number of H-pyrrole nitrogens is 1. The normalized spacial score (nSPS) is 13.0. The summed E-state index contributed by atoms with van der Waals surface area (Å²) in [4.78, 5) is 9.45. The first-order valence-electron chi connectivity index (χ1n) is 7.18. The van der Waals surface area contributed by atoms with Crippen molar-refractivity contribution in [2.24, 2.45) is 5.92 Å². The smallest absolute Gasteiger partial charge is 0.123 e. The van der Waals surface area contributed by atoms with Gasteiger partial charge in [0.15, 0.2) is 0 Å². The Balaban J connectivity index is 2.01. The molecule has 1 aromatic carbocycles. The van der Waals surface area contributed by atoms with Crippen molar-refractivity contribution in [3.05, 3.63) is 53.9 Å². The van der Waals surface area contributed by atoms with Gasteiger partial charge in [0.1, 0.15) is 11.6 Å². The fraction of sp³-hybridized carbons (Fsp3) is 0.438. The molecule has 0 aliphatic rings. The van der Waals surface area contributed by atoms with Crippen LogP contribution in [0.1, 0.15) is 31.3 Å². The van der Waals surface area contributed by atoms with Crippen LogP contribution >= 0.6 is 0 Å². The maximum Gasteiger partial charge on any atom is 0.123 e. The van der Waals surface area contributed by atoms with Crippen molar-refractivity contribution in [2.75, 3.05) is 13.1 Å². The number of nitrogens with zero attached hydrogens (tertiary/aromatic N) is 2. The average Bonchev–Trinajstić information content (AvgIpc) is 2.91. The van der Waals surface area contributed by atoms with E-state index >= 15 is 0 Å². The zero-order valence-electron chi connectivity index (χ0n) is 12.5.